The van der Waals surface area contributed by atoms with E-state index in [4.69, 9.17) is 15.6 Å². The maximum atomic E-state index is 12.4. The highest BCUT2D eigenvalue weighted by Crippen LogP contribution is 2.46. The van der Waals surface area contributed by atoms with Gasteiger partial charge in [0.2, 0.25) is 5.91 Å². The number of primary amides is 1. The lowest BCUT2D eigenvalue weighted by Crippen LogP contribution is -2.17. The van der Waals surface area contributed by atoms with Crippen LogP contribution in [0.25, 0.3) is 33.4 Å². The molecule has 13 nitrogen and oxygen atoms in total. The first-order valence-corrected chi connectivity index (χ1v) is 13.0. The van der Waals surface area contributed by atoms with E-state index < -0.39 is 64.2 Å². The van der Waals surface area contributed by atoms with Crippen molar-refractivity contribution < 1.29 is 45.1 Å². The van der Waals surface area contributed by atoms with Gasteiger partial charge in [-0.1, -0.05) is 6.07 Å². The third-order valence-corrected chi connectivity index (χ3v) is 7.40. The van der Waals surface area contributed by atoms with E-state index in [2.05, 4.69) is 5.32 Å². The van der Waals surface area contributed by atoms with Gasteiger partial charge in [0, 0.05) is 29.1 Å². The fraction of sp³-hybridized carbons (Fsp3) is 0.0455. The van der Waals surface area contributed by atoms with Crippen LogP contribution >= 0.6 is 0 Å². The molecule has 37 heavy (non-hydrogen) atoms. The van der Waals surface area contributed by atoms with Gasteiger partial charge in [-0.3, -0.25) is 19.3 Å². The number of carbonyl (C=O) groups excluding carboxylic acids is 1. The molecule has 0 radical (unpaired) electrons. The molecule has 7 N–H and O–H groups in total. The third-order valence-electron chi connectivity index (χ3n) is 5.56. The van der Waals surface area contributed by atoms with Gasteiger partial charge < -0.3 is 20.6 Å². The molecule has 0 atom stereocenters. The third kappa shape index (κ3) is 4.29. The quantitative estimate of drug-likeness (QED) is 0.151. The van der Waals surface area contributed by atoms with Crippen molar-refractivity contribution >= 4 is 48.8 Å². The fourth-order valence-electron chi connectivity index (χ4n) is 4.06. The van der Waals surface area contributed by atoms with Gasteiger partial charge in [0.25, 0.3) is 20.2 Å². The van der Waals surface area contributed by atoms with Crippen LogP contribution in [0, 0.1) is 5.41 Å². The Balaban J connectivity index is 2.38. The number of anilines is 1. The van der Waals surface area contributed by atoms with Crippen molar-refractivity contribution in [2.45, 2.75) is 9.79 Å². The number of nitrogens with two attached hydrogens (primary N) is 1. The molecular weight excluding hydrogens is 530 g/mol. The molecule has 15 heteroatoms. The normalized spacial score (nSPS) is 12.1. The van der Waals surface area contributed by atoms with E-state index >= 15 is 0 Å². The lowest BCUT2D eigenvalue weighted by atomic mass is 9.89. The molecule has 2 aliphatic rings. The Morgan fingerprint density at radius 1 is 0.946 bits per heavy atom. The van der Waals surface area contributed by atoms with Crippen LogP contribution in [0.3, 0.4) is 0 Å². The largest absolute Gasteiger partial charge is 0.478 e. The molecule has 192 valence electrons. The summed E-state index contributed by atoms with van der Waals surface area (Å²) in [5, 5.41) is 19.7. The van der Waals surface area contributed by atoms with Gasteiger partial charge in [-0.25, -0.2) is 4.79 Å². The van der Waals surface area contributed by atoms with Gasteiger partial charge in [0.05, 0.1) is 16.6 Å². The summed E-state index contributed by atoms with van der Waals surface area (Å²) in [6.07, 6.45) is 0. The first-order chi connectivity index (χ1) is 17.2. The molecule has 0 saturated heterocycles. The van der Waals surface area contributed by atoms with Crippen molar-refractivity contribution in [2.75, 3.05) is 12.4 Å². The molecule has 1 aliphatic carbocycles. The molecule has 1 heterocycles. The smallest absolute Gasteiger partial charge is 0.336 e. The number of carbonyl (C=O) groups is 2. The van der Waals surface area contributed by atoms with Gasteiger partial charge in [-0.15, -0.1) is 0 Å². The molecule has 0 spiro atoms. The summed E-state index contributed by atoms with van der Waals surface area (Å²) in [5.41, 5.74) is 3.60. The Hall–Kier alpha value is -4.31. The number of amides is 1. The van der Waals surface area contributed by atoms with Gasteiger partial charge in [0.1, 0.15) is 0 Å². The SMILES string of the molecule is CNc1ccc2c(-c3ccc(C(N)=O)cc3C(=O)O)c3ccc(=N)c(S(=O)(=O)O)c-3oc2c1S(=O)(=O)O. The summed E-state index contributed by atoms with van der Waals surface area (Å²) in [6, 6.07) is 8.23. The minimum atomic E-state index is -5.12. The summed E-state index contributed by atoms with van der Waals surface area (Å²) < 4.78 is 74.6. The highest BCUT2D eigenvalue weighted by atomic mass is 32.2. The number of fused-ring (bicyclic) bond motifs is 2. The maximum absolute atomic E-state index is 12.4. The second kappa shape index (κ2) is 8.67. The number of carboxylic acid groups (broad SMARTS) is 1. The maximum Gasteiger partial charge on any atom is 0.336 e. The van der Waals surface area contributed by atoms with Gasteiger partial charge in [0.15, 0.2) is 21.1 Å². The molecule has 0 fully saturated rings. The van der Waals surface area contributed by atoms with Gasteiger partial charge in [-0.05, 0) is 42.0 Å². The summed E-state index contributed by atoms with van der Waals surface area (Å²) in [5.74, 6) is -3.10. The molecular formula is C22H17N3O10S2. The minimum absolute atomic E-state index is 0.0764. The number of hydrogen-bond acceptors (Lipinski definition) is 9. The van der Waals surface area contributed by atoms with Crippen molar-refractivity contribution in [3.8, 4) is 22.5 Å². The Bertz CT molecular complexity index is 1890. The van der Waals surface area contributed by atoms with Crippen molar-refractivity contribution in [1.29, 1.82) is 5.41 Å². The van der Waals surface area contributed by atoms with Crippen molar-refractivity contribution in [2.24, 2.45) is 5.73 Å². The van der Waals surface area contributed by atoms with E-state index in [1.54, 1.807) is 0 Å². The van der Waals surface area contributed by atoms with E-state index in [0.717, 1.165) is 12.1 Å². The topological polar surface area (TPSA) is 238 Å². The van der Waals surface area contributed by atoms with Crippen molar-refractivity contribution in [3.63, 3.8) is 0 Å². The molecule has 0 unspecified atom stereocenters. The van der Waals surface area contributed by atoms with Crippen LogP contribution < -0.4 is 16.4 Å². The summed E-state index contributed by atoms with van der Waals surface area (Å²) >= 11 is 0. The summed E-state index contributed by atoms with van der Waals surface area (Å²) in [7, 11) is -8.82. The Labute approximate surface area is 208 Å². The molecule has 1 amide bonds. The van der Waals surface area contributed by atoms with Crippen molar-refractivity contribution in [1.82, 2.24) is 0 Å². The van der Waals surface area contributed by atoms with E-state index in [1.807, 2.05) is 0 Å². The van der Waals surface area contributed by atoms with Crippen LogP contribution in [0.1, 0.15) is 20.7 Å². The fourth-order valence-corrected chi connectivity index (χ4v) is 5.63. The van der Waals surface area contributed by atoms with E-state index in [1.165, 1.54) is 37.4 Å². The Morgan fingerprint density at radius 2 is 1.57 bits per heavy atom. The second-order valence-electron chi connectivity index (χ2n) is 7.74. The van der Waals surface area contributed by atoms with Crippen LogP contribution in [0.4, 0.5) is 5.69 Å². The van der Waals surface area contributed by atoms with E-state index in [-0.39, 0.29) is 33.3 Å². The highest BCUT2D eigenvalue weighted by Gasteiger charge is 2.32. The van der Waals surface area contributed by atoms with Gasteiger partial charge >= 0.3 is 5.97 Å². The average molecular weight is 548 g/mol. The zero-order valence-electron chi connectivity index (χ0n) is 18.6. The number of rotatable bonds is 6. The zero-order chi connectivity index (χ0) is 27.4. The number of benzene rings is 3. The summed E-state index contributed by atoms with van der Waals surface area (Å²) in [4.78, 5) is 22.0. The minimum Gasteiger partial charge on any atom is -0.478 e. The Kier molecular flexibility index (Phi) is 6.04. The molecule has 1 aliphatic heterocycles. The second-order valence-corrected chi connectivity index (χ2v) is 10.5. The predicted molar refractivity (Wildman–Crippen MR) is 129 cm³/mol. The van der Waals surface area contributed by atoms with Crippen LogP contribution in [0.15, 0.2) is 56.7 Å². The van der Waals surface area contributed by atoms with Crippen LogP contribution in [-0.2, 0) is 20.2 Å². The number of hydrogen-bond donors (Lipinski definition) is 6. The highest BCUT2D eigenvalue weighted by molar-refractivity contribution is 7.86. The Morgan fingerprint density at radius 3 is 2.11 bits per heavy atom. The molecule has 2 aromatic rings. The predicted octanol–water partition coefficient (Wildman–Crippen LogP) is 2.02. The number of carboxylic acids is 1. The molecule has 0 aromatic heterocycles. The monoisotopic (exact) mass is 547 g/mol. The lowest BCUT2D eigenvalue weighted by molar-refractivity contribution is 0.0697. The number of aromatic carboxylic acids is 1. The first kappa shape index (κ1) is 25.8. The molecule has 2 aromatic carbocycles. The molecule has 0 saturated carbocycles. The standard InChI is InChI=1S/C22H17N3O10S2/c1-25-15-7-5-12-16(10-3-2-9(21(24)26)8-13(10)22(27)28)11-4-6-14(23)19(36(29,30)31)17(11)35-18(12)20(15)37(32,33)34/h2-8,23,25H,1H3,(H2,24,26)(H,27,28)(H,29,30,31)(H,32,33,34). The first-order valence-electron chi connectivity index (χ1n) is 10.1. The van der Waals surface area contributed by atoms with Crippen LogP contribution in [-0.4, -0.2) is 50.0 Å². The van der Waals surface area contributed by atoms with E-state index in [0.29, 0.717) is 0 Å². The average Bonchev–Trinajstić information content (AvgIpc) is 2.79. The lowest BCUT2D eigenvalue weighted by Gasteiger charge is -2.20. The van der Waals surface area contributed by atoms with Gasteiger partial charge in [-0.2, -0.15) is 16.8 Å². The van der Waals surface area contributed by atoms with Crippen LogP contribution in [0.2, 0.25) is 0 Å². The number of nitrogens with one attached hydrogen (secondary N) is 2. The van der Waals surface area contributed by atoms with Crippen molar-refractivity contribution in [3.05, 3.63) is 58.9 Å². The molecule has 4 rings (SSSR count). The zero-order valence-corrected chi connectivity index (χ0v) is 20.3. The summed E-state index contributed by atoms with van der Waals surface area (Å²) in [6.45, 7) is 0. The van der Waals surface area contributed by atoms with Crippen LogP contribution in [0.5, 0.6) is 0 Å². The van der Waals surface area contributed by atoms with E-state index in [9.17, 15) is 40.6 Å². The molecule has 0 bridgehead atoms.